The highest BCUT2D eigenvalue weighted by molar-refractivity contribution is 6.35. The molecule has 0 fully saturated rings. The molecular weight excluding hydrogens is 507 g/mol. The summed E-state index contributed by atoms with van der Waals surface area (Å²) in [5.74, 6) is -0.750. The first kappa shape index (κ1) is 26.4. The van der Waals surface area contributed by atoms with Gasteiger partial charge in [0.25, 0.3) is 0 Å². The van der Waals surface area contributed by atoms with E-state index < -0.39 is 30.1 Å². The van der Waals surface area contributed by atoms with Gasteiger partial charge in [0.15, 0.2) is 0 Å². The van der Waals surface area contributed by atoms with E-state index in [0.29, 0.717) is 33.5 Å². The SMILES string of the molecule is CCOCC(=O)N(Cc1ccc(Cl)cc1Cl)C1C=C(C(=O)NCCO)C2c3ccccc3OC2C1O. The van der Waals surface area contributed by atoms with Gasteiger partial charge in [-0.15, -0.1) is 0 Å². The molecule has 2 aromatic carbocycles. The average molecular weight is 535 g/mol. The van der Waals surface area contributed by atoms with Crippen LogP contribution in [0.15, 0.2) is 54.1 Å². The summed E-state index contributed by atoms with van der Waals surface area (Å²) >= 11 is 12.4. The number of hydrogen-bond acceptors (Lipinski definition) is 6. The van der Waals surface area contributed by atoms with Crippen molar-refractivity contribution in [3.63, 3.8) is 0 Å². The second kappa shape index (κ2) is 11.6. The molecule has 2 amide bonds. The van der Waals surface area contributed by atoms with Crippen LogP contribution in [0.4, 0.5) is 0 Å². The molecule has 0 saturated heterocycles. The van der Waals surface area contributed by atoms with Gasteiger partial charge in [-0.25, -0.2) is 0 Å². The summed E-state index contributed by atoms with van der Waals surface area (Å²) in [6, 6.07) is 11.3. The second-order valence-electron chi connectivity index (χ2n) is 8.58. The maximum Gasteiger partial charge on any atom is 0.249 e. The molecule has 0 aromatic heterocycles. The smallest absolute Gasteiger partial charge is 0.249 e. The van der Waals surface area contributed by atoms with Gasteiger partial charge in [0.1, 0.15) is 24.6 Å². The van der Waals surface area contributed by atoms with Crippen LogP contribution in [0.5, 0.6) is 5.75 Å². The predicted octanol–water partition coefficient (Wildman–Crippen LogP) is 2.68. The molecule has 0 saturated carbocycles. The molecule has 4 rings (SSSR count). The normalized spacial score (nSPS) is 22.2. The van der Waals surface area contributed by atoms with Crippen molar-refractivity contribution in [1.82, 2.24) is 10.2 Å². The molecule has 192 valence electrons. The lowest BCUT2D eigenvalue weighted by molar-refractivity contribution is -0.142. The Hall–Kier alpha value is -2.62. The molecule has 4 unspecified atom stereocenters. The van der Waals surface area contributed by atoms with Crippen LogP contribution in [0, 0.1) is 0 Å². The Bertz CT molecular complexity index is 1160. The number of fused-ring (bicyclic) bond motifs is 3. The molecule has 2 aromatic rings. The Morgan fingerprint density at radius 2 is 1.97 bits per heavy atom. The zero-order valence-corrected chi connectivity index (χ0v) is 21.2. The molecule has 3 N–H and O–H groups in total. The topological polar surface area (TPSA) is 108 Å². The summed E-state index contributed by atoms with van der Waals surface area (Å²) in [4.78, 5) is 27.9. The lowest BCUT2D eigenvalue weighted by Crippen LogP contribution is -2.56. The van der Waals surface area contributed by atoms with Gasteiger partial charge in [0.2, 0.25) is 11.8 Å². The van der Waals surface area contributed by atoms with Gasteiger partial charge in [-0.2, -0.15) is 0 Å². The van der Waals surface area contributed by atoms with Crippen LogP contribution in [0.3, 0.4) is 0 Å². The minimum atomic E-state index is -1.14. The van der Waals surface area contributed by atoms with Crippen LogP contribution < -0.4 is 10.1 Å². The fraction of sp³-hybridized carbons (Fsp3) is 0.385. The van der Waals surface area contributed by atoms with Crippen LogP contribution in [-0.4, -0.2) is 71.5 Å². The van der Waals surface area contributed by atoms with E-state index in [4.69, 9.17) is 32.7 Å². The molecule has 0 radical (unpaired) electrons. The van der Waals surface area contributed by atoms with Gasteiger partial charge in [-0.1, -0.05) is 47.5 Å². The fourth-order valence-electron chi connectivity index (χ4n) is 4.66. The second-order valence-corrected chi connectivity index (χ2v) is 9.42. The zero-order chi connectivity index (χ0) is 25.8. The maximum atomic E-state index is 13.3. The monoisotopic (exact) mass is 534 g/mol. The lowest BCUT2D eigenvalue weighted by Gasteiger charge is -2.40. The number of hydrogen-bond donors (Lipinski definition) is 3. The van der Waals surface area contributed by atoms with E-state index in [-0.39, 0.29) is 32.2 Å². The Morgan fingerprint density at radius 1 is 1.19 bits per heavy atom. The summed E-state index contributed by atoms with van der Waals surface area (Å²) < 4.78 is 11.5. The number of nitrogens with zero attached hydrogens (tertiary/aromatic N) is 1. The van der Waals surface area contributed by atoms with E-state index in [1.165, 1.54) is 4.90 Å². The number of carbonyl (C=O) groups excluding carboxylic acids is 2. The molecule has 1 aliphatic heterocycles. The van der Waals surface area contributed by atoms with Gasteiger partial charge in [-0.3, -0.25) is 9.59 Å². The third-order valence-electron chi connectivity index (χ3n) is 6.34. The van der Waals surface area contributed by atoms with Crippen LogP contribution >= 0.6 is 23.2 Å². The summed E-state index contributed by atoms with van der Waals surface area (Å²) in [5.41, 5.74) is 1.75. The molecular formula is C26H28Cl2N2O6. The number of carbonyl (C=O) groups is 2. The molecule has 0 bridgehead atoms. The van der Waals surface area contributed by atoms with Gasteiger partial charge in [0.05, 0.1) is 18.6 Å². The number of rotatable bonds is 9. The molecule has 1 aliphatic carbocycles. The first-order valence-electron chi connectivity index (χ1n) is 11.7. The molecule has 1 heterocycles. The molecule has 10 heteroatoms. The highest BCUT2D eigenvalue weighted by atomic mass is 35.5. The molecule has 4 atom stereocenters. The predicted molar refractivity (Wildman–Crippen MR) is 135 cm³/mol. The summed E-state index contributed by atoms with van der Waals surface area (Å²) in [5, 5.41) is 24.2. The molecule has 2 aliphatic rings. The lowest BCUT2D eigenvalue weighted by atomic mass is 9.77. The van der Waals surface area contributed by atoms with Gasteiger partial charge in [0, 0.05) is 40.9 Å². The van der Waals surface area contributed by atoms with Crippen LogP contribution in [0.25, 0.3) is 0 Å². The fourth-order valence-corrected chi connectivity index (χ4v) is 5.12. The summed E-state index contributed by atoms with van der Waals surface area (Å²) in [7, 11) is 0. The van der Waals surface area contributed by atoms with Gasteiger partial charge < -0.3 is 29.9 Å². The van der Waals surface area contributed by atoms with E-state index in [9.17, 15) is 19.8 Å². The number of aliphatic hydroxyl groups is 2. The van der Waals surface area contributed by atoms with Crippen molar-refractivity contribution in [3.05, 3.63) is 75.3 Å². The van der Waals surface area contributed by atoms with Crippen molar-refractivity contribution >= 4 is 35.0 Å². The number of nitrogens with one attached hydrogen (secondary N) is 1. The molecule has 8 nitrogen and oxygen atoms in total. The van der Waals surface area contributed by atoms with Crippen molar-refractivity contribution in [2.24, 2.45) is 0 Å². The number of ether oxygens (including phenoxy) is 2. The van der Waals surface area contributed by atoms with E-state index in [1.54, 1.807) is 37.3 Å². The quantitative estimate of drug-likeness (QED) is 0.456. The highest BCUT2D eigenvalue weighted by Crippen LogP contribution is 2.47. The van der Waals surface area contributed by atoms with E-state index in [0.717, 1.165) is 5.56 Å². The van der Waals surface area contributed by atoms with Gasteiger partial charge in [-0.05, 0) is 36.8 Å². The summed E-state index contributed by atoms with van der Waals surface area (Å²) in [6.45, 7) is 1.80. The number of amides is 2. The minimum absolute atomic E-state index is 0.0516. The number of para-hydroxylation sites is 1. The van der Waals surface area contributed by atoms with E-state index >= 15 is 0 Å². The van der Waals surface area contributed by atoms with Crippen molar-refractivity contribution in [2.45, 2.75) is 37.6 Å². The third kappa shape index (κ3) is 5.38. The summed E-state index contributed by atoms with van der Waals surface area (Å²) in [6.07, 6.45) is -0.332. The van der Waals surface area contributed by atoms with E-state index in [2.05, 4.69) is 5.32 Å². The minimum Gasteiger partial charge on any atom is -0.486 e. The van der Waals surface area contributed by atoms with Crippen LogP contribution in [-0.2, 0) is 20.9 Å². The maximum absolute atomic E-state index is 13.3. The number of benzene rings is 2. The van der Waals surface area contributed by atoms with Crippen molar-refractivity contribution in [3.8, 4) is 5.75 Å². The number of halogens is 2. The van der Waals surface area contributed by atoms with Crippen molar-refractivity contribution in [2.75, 3.05) is 26.4 Å². The van der Waals surface area contributed by atoms with Gasteiger partial charge >= 0.3 is 0 Å². The molecule has 0 spiro atoms. The number of aliphatic hydroxyl groups excluding tert-OH is 2. The average Bonchev–Trinajstić information content (AvgIpc) is 3.26. The first-order valence-corrected chi connectivity index (χ1v) is 12.5. The first-order chi connectivity index (χ1) is 17.3. The van der Waals surface area contributed by atoms with Crippen LogP contribution in [0.2, 0.25) is 10.0 Å². The van der Waals surface area contributed by atoms with Crippen LogP contribution in [0.1, 0.15) is 24.0 Å². The Labute approximate surface area is 219 Å². The highest BCUT2D eigenvalue weighted by Gasteiger charge is 2.50. The van der Waals surface area contributed by atoms with Crippen molar-refractivity contribution in [1.29, 1.82) is 0 Å². The largest absolute Gasteiger partial charge is 0.486 e. The van der Waals surface area contributed by atoms with E-state index in [1.807, 2.05) is 18.2 Å². The molecule has 36 heavy (non-hydrogen) atoms. The Kier molecular flexibility index (Phi) is 8.54. The Morgan fingerprint density at radius 3 is 2.69 bits per heavy atom. The van der Waals surface area contributed by atoms with Crippen molar-refractivity contribution < 1.29 is 29.3 Å². The standard InChI is InChI=1S/C26H28Cl2N2O6/c1-2-35-14-22(32)30(13-15-7-8-16(27)11-19(15)28)20-12-18(26(34)29-9-10-31)23-17-5-3-4-6-21(17)36-25(23)24(20)33/h3-8,11-12,20,23-25,31,33H,2,9-10,13-14H2,1H3,(H,29,34). The third-order valence-corrected chi connectivity index (χ3v) is 6.93. The zero-order valence-electron chi connectivity index (χ0n) is 19.7. The Balaban J connectivity index is 1.76.